The van der Waals surface area contributed by atoms with E-state index in [4.69, 9.17) is 0 Å². The average Bonchev–Trinajstić information content (AvgIpc) is 3.27. The monoisotopic (exact) mass is 376 g/mol. The van der Waals surface area contributed by atoms with Crippen LogP contribution in [0.4, 0.5) is 4.79 Å². The van der Waals surface area contributed by atoms with Crippen LogP contribution in [0, 0.1) is 0 Å². The largest absolute Gasteiger partial charge is 0.361 e. The van der Waals surface area contributed by atoms with Crippen LogP contribution in [-0.4, -0.2) is 40.8 Å². The second-order valence-corrected chi connectivity index (χ2v) is 6.70. The smallest absolute Gasteiger partial charge is 0.324 e. The molecule has 0 spiro atoms. The number of hydrogen-bond acceptors (Lipinski definition) is 3. The Balaban J connectivity index is 1.32. The lowest BCUT2D eigenvalue weighted by Crippen LogP contribution is -2.30. The Labute approximate surface area is 161 Å². The highest BCUT2D eigenvalue weighted by Crippen LogP contribution is 2.17. The molecule has 0 saturated carbocycles. The van der Waals surface area contributed by atoms with Gasteiger partial charge in [0.15, 0.2) is 0 Å². The highest BCUT2D eigenvalue weighted by molar-refractivity contribution is 6.01. The van der Waals surface area contributed by atoms with Crippen molar-refractivity contribution in [3.8, 4) is 0 Å². The number of nitrogens with zero attached hydrogens (tertiary/aromatic N) is 1. The second kappa shape index (κ2) is 7.56. The molecule has 0 atom stereocenters. The van der Waals surface area contributed by atoms with E-state index in [2.05, 4.69) is 21.7 Å². The molecule has 7 nitrogen and oxygen atoms in total. The quantitative estimate of drug-likeness (QED) is 0.576. The molecule has 2 heterocycles. The number of amides is 4. The number of benzene rings is 2. The molecule has 0 bridgehead atoms. The fourth-order valence-electron chi connectivity index (χ4n) is 3.31. The highest BCUT2D eigenvalue weighted by atomic mass is 16.2. The van der Waals surface area contributed by atoms with Crippen LogP contribution in [0.2, 0.25) is 0 Å². The Morgan fingerprint density at radius 1 is 1.07 bits per heavy atom. The van der Waals surface area contributed by atoms with Gasteiger partial charge in [-0.2, -0.15) is 0 Å². The van der Waals surface area contributed by atoms with Crippen LogP contribution in [0.5, 0.6) is 0 Å². The number of carbonyl (C=O) groups is 3. The van der Waals surface area contributed by atoms with Gasteiger partial charge in [0, 0.05) is 29.2 Å². The number of hydrogen-bond donors (Lipinski definition) is 3. The maximum absolute atomic E-state index is 12.3. The molecular weight excluding hydrogens is 356 g/mol. The third kappa shape index (κ3) is 3.59. The van der Waals surface area contributed by atoms with Gasteiger partial charge >= 0.3 is 6.03 Å². The van der Waals surface area contributed by atoms with Crippen molar-refractivity contribution in [1.82, 2.24) is 20.5 Å². The number of urea groups is 1. The molecule has 142 valence electrons. The van der Waals surface area contributed by atoms with E-state index < -0.39 is 0 Å². The van der Waals surface area contributed by atoms with E-state index in [1.807, 2.05) is 24.4 Å². The van der Waals surface area contributed by atoms with Crippen LogP contribution in [0.1, 0.15) is 21.5 Å². The van der Waals surface area contributed by atoms with Crippen LogP contribution < -0.4 is 10.6 Å². The lowest BCUT2D eigenvalue weighted by atomic mass is 10.1. The second-order valence-electron chi connectivity index (χ2n) is 6.70. The Hall–Kier alpha value is -3.61. The molecule has 3 aromatic rings. The van der Waals surface area contributed by atoms with Gasteiger partial charge in [0.25, 0.3) is 5.91 Å². The minimum atomic E-state index is -0.385. The molecular formula is C21H20N4O3. The van der Waals surface area contributed by atoms with Gasteiger partial charge in [-0.25, -0.2) is 4.79 Å². The lowest BCUT2D eigenvalue weighted by molar-refractivity contribution is -0.125. The number of rotatable bonds is 6. The number of aromatic amines is 1. The molecule has 4 rings (SSSR count). The Bertz CT molecular complexity index is 1020. The molecule has 1 fully saturated rings. The van der Waals surface area contributed by atoms with Crippen LogP contribution in [0.25, 0.3) is 10.9 Å². The van der Waals surface area contributed by atoms with Crippen molar-refractivity contribution in [1.29, 1.82) is 0 Å². The van der Waals surface area contributed by atoms with Crippen LogP contribution in [0.3, 0.4) is 0 Å². The van der Waals surface area contributed by atoms with Gasteiger partial charge in [-0.15, -0.1) is 0 Å². The van der Waals surface area contributed by atoms with Crippen molar-refractivity contribution in [2.45, 2.75) is 13.0 Å². The summed E-state index contributed by atoms with van der Waals surface area (Å²) in [6, 6.07) is 14.6. The Kier molecular flexibility index (Phi) is 4.80. The molecule has 2 aromatic carbocycles. The first kappa shape index (κ1) is 17.8. The van der Waals surface area contributed by atoms with Gasteiger partial charge in [0.2, 0.25) is 5.91 Å². The molecule has 0 aliphatic carbocycles. The molecule has 1 aliphatic heterocycles. The predicted molar refractivity (Wildman–Crippen MR) is 105 cm³/mol. The summed E-state index contributed by atoms with van der Waals surface area (Å²) in [5.74, 6) is -0.398. The third-order valence-corrected chi connectivity index (χ3v) is 4.85. The summed E-state index contributed by atoms with van der Waals surface area (Å²) in [6.07, 6.45) is 2.71. The number of imide groups is 1. The fraction of sp³-hybridized carbons (Fsp3) is 0.190. The topological polar surface area (TPSA) is 94.3 Å². The zero-order chi connectivity index (χ0) is 19.5. The first-order valence-electron chi connectivity index (χ1n) is 9.12. The van der Waals surface area contributed by atoms with Gasteiger partial charge < -0.3 is 15.6 Å². The number of H-pyrrole nitrogens is 1. The lowest BCUT2D eigenvalue weighted by Gasteiger charge is -2.12. The number of aromatic nitrogens is 1. The number of fused-ring (bicyclic) bond motifs is 1. The minimum absolute atomic E-state index is 0.0375. The first-order valence-corrected chi connectivity index (χ1v) is 9.12. The summed E-state index contributed by atoms with van der Waals surface area (Å²) in [4.78, 5) is 40.0. The zero-order valence-electron chi connectivity index (χ0n) is 15.2. The minimum Gasteiger partial charge on any atom is -0.361 e. The Morgan fingerprint density at radius 2 is 1.86 bits per heavy atom. The molecule has 7 heteroatoms. The van der Waals surface area contributed by atoms with Crippen molar-refractivity contribution >= 4 is 28.7 Å². The van der Waals surface area contributed by atoms with E-state index in [-0.39, 0.29) is 30.9 Å². The highest BCUT2D eigenvalue weighted by Gasteiger charge is 2.28. The van der Waals surface area contributed by atoms with Crippen molar-refractivity contribution in [3.05, 3.63) is 71.4 Å². The fourth-order valence-corrected chi connectivity index (χ4v) is 3.31. The van der Waals surface area contributed by atoms with E-state index in [1.54, 1.807) is 24.3 Å². The zero-order valence-corrected chi connectivity index (χ0v) is 15.2. The van der Waals surface area contributed by atoms with E-state index in [0.717, 1.165) is 22.4 Å². The van der Waals surface area contributed by atoms with Gasteiger partial charge in [-0.1, -0.05) is 30.3 Å². The van der Waals surface area contributed by atoms with Gasteiger partial charge in [-0.05, 0) is 35.7 Å². The van der Waals surface area contributed by atoms with Crippen molar-refractivity contribution in [2.75, 3.05) is 13.1 Å². The Morgan fingerprint density at radius 3 is 2.61 bits per heavy atom. The molecule has 1 aromatic heterocycles. The molecule has 0 unspecified atom stereocenters. The van der Waals surface area contributed by atoms with Gasteiger partial charge in [0.1, 0.15) is 0 Å². The number of nitrogens with one attached hydrogen (secondary N) is 3. The van der Waals surface area contributed by atoms with Crippen molar-refractivity contribution in [2.24, 2.45) is 0 Å². The van der Waals surface area contributed by atoms with Gasteiger partial charge in [-0.3, -0.25) is 14.5 Å². The standard InChI is InChI=1S/C21H20N4O3/c26-19-12-24-21(28)25(19)13-14-5-7-15(8-6-14)20(27)22-10-9-16-11-23-18-4-2-1-3-17(16)18/h1-8,11,23H,9-10,12-13H2,(H,22,27)(H,24,28). The van der Waals surface area contributed by atoms with Crippen molar-refractivity contribution in [3.63, 3.8) is 0 Å². The summed E-state index contributed by atoms with van der Waals surface area (Å²) < 4.78 is 0. The van der Waals surface area contributed by atoms with E-state index in [1.165, 1.54) is 10.9 Å². The normalized spacial score (nSPS) is 13.8. The summed E-state index contributed by atoms with van der Waals surface area (Å²) in [5, 5.41) is 6.58. The molecule has 0 radical (unpaired) electrons. The first-order chi connectivity index (χ1) is 13.6. The maximum atomic E-state index is 12.3. The molecule has 1 aliphatic rings. The number of para-hydroxylation sites is 1. The van der Waals surface area contributed by atoms with Gasteiger partial charge in [0.05, 0.1) is 13.1 Å². The average molecular weight is 376 g/mol. The van der Waals surface area contributed by atoms with Crippen LogP contribution >= 0.6 is 0 Å². The van der Waals surface area contributed by atoms with Crippen LogP contribution in [-0.2, 0) is 17.8 Å². The molecule has 1 saturated heterocycles. The maximum Gasteiger partial charge on any atom is 0.324 e. The van der Waals surface area contributed by atoms with Crippen molar-refractivity contribution < 1.29 is 14.4 Å². The van der Waals surface area contributed by atoms with E-state index >= 15 is 0 Å². The summed E-state index contributed by atoms with van der Waals surface area (Å²) >= 11 is 0. The summed E-state index contributed by atoms with van der Waals surface area (Å²) in [7, 11) is 0. The molecule has 4 amide bonds. The summed E-state index contributed by atoms with van der Waals surface area (Å²) in [6.45, 7) is 0.772. The molecule has 3 N–H and O–H groups in total. The predicted octanol–water partition coefficient (Wildman–Crippen LogP) is 2.19. The van der Waals surface area contributed by atoms with E-state index in [0.29, 0.717) is 12.1 Å². The van der Waals surface area contributed by atoms with Crippen LogP contribution in [0.15, 0.2) is 54.7 Å². The summed E-state index contributed by atoms with van der Waals surface area (Å²) in [5.41, 5.74) is 3.59. The van der Waals surface area contributed by atoms with E-state index in [9.17, 15) is 14.4 Å². The SMILES string of the molecule is O=C(NCCc1c[nH]c2ccccc12)c1ccc(CN2C(=O)CNC2=O)cc1. The number of carbonyl (C=O) groups excluding carboxylic acids is 3. The third-order valence-electron chi connectivity index (χ3n) is 4.85. The molecule has 28 heavy (non-hydrogen) atoms.